The maximum absolute atomic E-state index is 6.16. The van der Waals surface area contributed by atoms with E-state index in [9.17, 15) is 0 Å². The molecule has 1 aromatic carbocycles. The second kappa shape index (κ2) is 7.03. The van der Waals surface area contributed by atoms with Gasteiger partial charge >= 0.3 is 0 Å². The molecule has 1 heterocycles. The summed E-state index contributed by atoms with van der Waals surface area (Å²) in [5.74, 6) is 2.20. The van der Waals surface area contributed by atoms with Crippen LogP contribution in [-0.2, 0) is 4.74 Å². The minimum absolute atomic E-state index is 0.376. The number of rotatable bonds is 3. The van der Waals surface area contributed by atoms with E-state index < -0.39 is 0 Å². The third kappa shape index (κ3) is 3.57. The van der Waals surface area contributed by atoms with Crippen molar-refractivity contribution in [1.29, 1.82) is 0 Å². The van der Waals surface area contributed by atoms with E-state index in [-0.39, 0.29) is 0 Å². The predicted molar refractivity (Wildman–Crippen MR) is 104 cm³/mol. The zero-order chi connectivity index (χ0) is 17.4. The van der Waals surface area contributed by atoms with Gasteiger partial charge in [0.1, 0.15) is 5.76 Å². The van der Waals surface area contributed by atoms with Crippen LogP contribution in [0.4, 0.5) is 0 Å². The van der Waals surface area contributed by atoms with Gasteiger partial charge in [0.05, 0.1) is 7.11 Å². The van der Waals surface area contributed by atoms with Crippen LogP contribution in [-0.4, -0.2) is 19.7 Å². The standard InChI is InChI=1S/C21H21Cl2NO/c1-25-20-5-4-13-6-15(3-2-14(13)9-20)21-10-17(12-24-21)16-7-18(22)11-19(23)8-16/h2-9,11,13-14,17,21,24H,10,12H2,1H3/t13?,14?,17-,21-/m1/s1. The van der Waals surface area contributed by atoms with Crippen molar-refractivity contribution in [2.45, 2.75) is 18.4 Å². The summed E-state index contributed by atoms with van der Waals surface area (Å²) in [5, 5.41) is 5.07. The van der Waals surface area contributed by atoms with Crippen LogP contribution in [0.15, 0.2) is 66.0 Å². The van der Waals surface area contributed by atoms with Gasteiger partial charge in [-0.1, -0.05) is 47.5 Å². The molecule has 1 N–H and O–H groups in total. The molecule has 4 atom stereocenters. The van der Waals surface area contributed by atoms with Crippen LogP contribution in [0.5, 0.6) is 0 Å². The summed E-state index contributed by atoms with van der Waals surface area (Å²) in [6.45, 7) is 0.949. The minimum Gasteiger partial charge on any atom is -0.497 e. The molecule has 25 heavy (non-hydrogen) atoms. The Labute approximate surface area is 158 Å². The summed E-state index contributed by atoms with van der Waals surface area (Å²) >= 11 is 12.3. The molecule has 2 nitrogen and oxygen atoms in total. The first-order valence-corrected chi connectivity index (χ1v) is 9.41. The summed E-state index contributed by atoms with van der Waals surface area (Å²) in [7, 11) is 1.72. The molecule has 3 aliphatic rings. The van der Waals surface area contributed by atoms with Gasteiger partial charge in [0.15, 0.2) is 0 Å². The SMILES string of the molecule is COC1=CC2C=CC([C@H]3C[C@@H](c4cc(Cl)cc(Cl)c4)CN3)=CC2C=C1. The highest BCUT2D eigenvalue weighted by Gasteiger charge is 2.30. The molecule has 130 valence electrons. The van der Waals surface area contributed by atoms with Gasteiger partial charge in [-0.25, -0.2) is 0 Å². The molecule has 0 bridgehead atoms. The number of methoxy groups -OCH3 is 1. The van der Waals surface area contributed by atoms with Crippen LogP contribution in [0, 0.1) is 11.8 Å². The van der Waals surface area contributed by atoms with Crippen molar-refractivity contribution < 1.29 is 4.74 Å². The summed E-state index contributed by atoms with van der Waals surface area (Å²) in [5.41, 5.74) is 2.59. The molecule has 1 fully saturated rings. The van der Waals surface area contributed by atoms with E-state index in [0.717, 1.165) is 18.7 Å². The van der Waals surface area contributed by atoms with E-state index in [2.05, 4.69) is 41.8 Å². The molecule has 1 aliphatic heterocycles. The van der Waals surface area contributed by atoms with E-state index >= 15 is 0 Å². The maximum Gasteiger partial charge on any atom is 0.115 e. The fourth-order valence-electron chi connectivity index (χ4n) is 3.96. The van der Waals surface area contributed by atoms with Gasteiger partial charge in [-0.15, -0.1) is 0 Å². The van der Waals surface area contributed by atoms with Crippen LogP contribution < -0.4 is 5.32 Å². The quantitative estimate of drug-likeness (QED) is 0.779. The van der Waals surface area contributed by atoms with Crippen molar-refractivity contribution >= 4 is 23.2 Å². The van der Waals surface area contributed by atoms with E-state index in [0.29, 0.717) is 33.8 Å². The highest BCUT2D eigenvalue weighted by Crippen LogP contribution is 2.36. The van der Waals surface area contributed by atoms with Crippen molar-refractivity contribution in [1.82, 2.24) is 5.32 Å². The molecule has 1 saturated heterocycles. The fraction of sp³-hybridized carbons (Fsp3) is 0.333. The number of ether oxygens (including phenoxy) is 1. The van der Waals surface area contributed by atoms with Crippen LogP contribution in [0.2, 0.25) is 10.0 Å². The van der Waals surface area contributed by atoms with Gasteiger partial charge in [0.2, 0.25) is 0 Å². The first kappa shape index (κ1) is 17.0. The number of halogens is 2. The number of hydrogen-bond acceptors (Lipinski definition) is 2. The largest absolute Gasteiger partial charge is 0.497 e. The number of fused-ring (bicyclic) bond motifs is 1. The number of benzene rings is 1. The zero-order valence-corrected chi connectivity index (χ0v) is 15.6. The lowest BCUT2D eigenvalue weighted by atomic mass is 9.80. The monoisotopic (exact) mass is 373 g/mol. The molecular formula is C21H21Cl2NO. The van der Waals surface area contributed by atoms with Crippen LogP contribution >= 0.6 is 23.2 Å². The van der Waals surface area contributed by atoms with Gasteiger partial charge in [-0.05, 0) is 53.8 Å². The van der Waals surface area contributed by atoms with Crippen molar-refractivity contribution in [3.8, 4) is 0 Å². The lowest BCUT2D eigenvalue weighted by molar-refractivity contribution is 0.299. The van der Waals surface area contributed by atoms with E-state index in [1.165, 1.54) is 11.1 Å². The first-order valence-electron chi connectivity index (χ1n) is 8.65. The summed E-state index contributed by atoms with van der Waals surface area (Å²) < 4.78 is 5.33. The molecule has 2 unspecified atom stereocenters. The summed E-state index contributed by atoms with van der Waals surface area (Å²) in [6, 6.07) is 6.23. The minimum atomic E-state index is 0.376. The molecule has 0 spiro atoms. The third-order valence-corrected chi connectivity index (χ3v) is 5.74. The average Bonchev–Trinajstić information content (AvgIpc) is 3.10. The lowest BCUT2D eigenvalue weighted by Crippen LogP contribution is -2.26. The fourth-order valence-corrected chi connectivity index (χ4v) is 4.51. The Hall–Kier alpha value is -1.48. The Morgan fingerprint density at radius 2 is 1.72 bits per heavy atom. The van der Waals surface area contributed by atoms with Gasteiger partial charge < -0.3 is 10.1 Å². The number of allylic oxidation sites excluding steroid dienone is 5. The molecule has 2 aliphatic carbocycles. The lowest BCUT2D eigenvalue weighted by Gasteiger charge is -2.26. The Morgan fingerprint density at radius 3 is 2.48 bits per heavy atom. The molecule has 0 aromatic heterocycles. The van der Waals surface area contributed by atoms with Crippen molar-refractivity contribution in [3.63, 3.8) is 0 Å². The zero-order valence-electron chi connectivity index (χ0n) is 14.1. The smallest absolute Gasteiger partial charge is 0.115 e. The van der Waals surface area contributed by atoms with Crippen molar-refractivity contribution in [2.75, 3.05) is 13.7 Å². The highest BCUT2D eigenvalue weighted by atomic mass is 35.5. The molecular weight excluding hydrogens is 353 g/mol. The van der Waals surface area contributed by atoms with E-state index in [4.69, 9.17) is 27.9 Å². The van der Waals surface area contributed by atoms with Crippen LogP contribution in [0.1, 0.15) is 17.9 Å². The molecule has 0 amide bonds. The number of hydrogen-bond donors (Lipinski definition) is 1. The van der Waals surface area contributed by atoms with Gasteiger partial charge in [-0.2, -0.15) is 0 Å². The Kier molecular flexibility index (Phi) is 4.77. The topological polar surface area (TPSA) is 21.3 Å². The van der Waals surface area contributed by atoms with Gasteiger partial charge in [0.25, 0.3) is 0 Å². The second-order valence-electron chi connectivity index (χ2n) is 6.91. The summed E-state index contributed by atoms with van der Waals surface area (Å²) in [6.07, 6.45) is 14.5. The second-order valence-corrected chi connectivity index (χ2v) is 7.78. The van der Waals surface area contributed by atoms with Crippen molar-refractivity contribution in [3.05, 3.63) is 81.6 Å². The highest BCUT2D eigenvalue weighted by molar-refractivity contribution is 6.34. The molecule has 0 saturated carbocycles. The van der Waals surface area contributed by atoms with E-state index in [1.807, 2.05) is 12.1 Å². The molecule has 4 rings (SSSR count). The van der Waals surface area contributed by atoms with Gasteiger partial charge in [0, 0.05) is 34.5 Å². The predicted octanol–water partition coefficient (Wildman–Crippen LogP) is 5.27. The Morgan fingerprint density at radius 1 is 1.00 bits per heavy atom. The van der Waals surface area contributed by atoms with Crippen LogP contribution in [0.3, 0.4) is 0 Å². The maximum atomic E-state index is 6.16. The first-order chi connectivity index (χ1) is 12.1. The summed E-state index contributed by atoms with van der Waals surface area (Å²) in [4.78, 5) is 0. The van der Waals surface area contributed by atoms with Gasteiger partial charge in [-0.3, -0.25) is 0 Å². The number of nitrogens with one attached hydrogen (secondary N) is 1. The third-order valence-electron chi connectivity index (χ3n) is 5.30. The van der Waals surface area contributed by atoms with E-state index in [1.54, 1.807) is 13.2 Å². The molecule has 0 radical (unpaired) electrons. The molecule has 1 aromatic rings. The molecule has 4 heteroatoms. The van der Waals surface area contributed by atoms with Crippen molar-refractivity contribution in [2.24, 2.45) is 11.8 Å². The average molecular weight is 374 g/mol. The Balaban J connectivity index is 1.48. The van der Waals surface area contributed by atoms with Crippen LogP contribution in [0.25, 0.3) is 0 Å². The Bertz CT molecular complexity index is 773. The normalized spacial score (nSPS) is 30.7.